The molecule has 1 atom stereocenters. The number of hydrogen-bond acceptors (Lipinski definition) is 10. The molecule has 0 fully saturated rings. The fraction of sp³-hybridized carbons (Fsp3) is 0.333. The topological polar surface area (TPSA) is 144 Å². The lowest BCUT2D eigenvalue weighted by Gasteiger charge is -2.11. The van der Waals surface area contributed by atoms with Gasteiger partial charge >= 0.3 is 6.18 Å². The van der Waals surface area contributed by atoms with Gasteiger partial charge in [-0.25, -0.2) is 24.6 Å². The van der Waals surface area contributed by atoms with Gasteiger partial charge in [-0.3, -0.25) is 9.59 Å². The molecule has 17 heteroatoms. The van der Waals surface area contributed by atoms with E-state index in [1.54, 1.807) is 11.6 Å². The molecule has 4 rings (SSSR count). The number of hydrogen-bond donors (Lipinski definition) is 2. The van der Waals surface area contributed by atoms with Crippen LogP contribution < -0.4 is 10.6 Å². The minimum Gasteiger partial charge on any atom is -0.342 e. The molecule has 2 N–H and O–H groups in total. The van der Waals surface area contributed by atoms with Gasteiger partial charge < -0.3 is 15.5 Å². The highest BCUT2D eigenvalue weighted by atomic mass is 35.5. The highest BCUT2D eigenvalue weighted by molar-refractivity contribution is 7.13. The number of thiazole rings is 1. The zero-order chi connectivity index (χ0) is 27.6. The SMILES string of the molecule is CC(NC(=O)c1ncnc2c1nnn2CCN(C)C)c1ncc(C(=O)Nc2cc(C(F)(F)F)c(Cl)cn2)s1. The molecule has 4 heterocycles. The van der Waals surface area contributed by atoms with Crippen molar-refractivity contribution in [1.82, 2.24) is 45.1 Å². The van der Waals surface area contributed by atoms with Crippen LogP contribution in [0.5, 0.6) is 0 Å². The molecular formula is C21H20ClF3N10O2S. The zero-order valence-corrected chi connectivity index (χ0v) is 21.7. The first-order valence-electron chi connectivity index (χ1n) is 10.9. The monoisotopic (exact) mass is 568 g/mol. The van der Waals surface area contributed by atoms with E-state index in [1.165, 1.54) is 12.5 Å². The van der Waals surface area contributed by atoms with Gasteiger partial charge in [0.15, 0.2) is 16.9 Å². The molecule has 1 unspecified atom stereocenters. The van der Waals surface area contributed by atoms with E-state index in [0.29, 0.717) is 29.8 Å². The lowest BCUT2D eigenvalue weighted by atomic mass is 10.2. The summed E-state index contributed by atoms with van der Waals surface area (Å²) in [6, 6.07) is 0.0119. The first kappa shape index (κ1) is 27.3. The normalized spacial score (nSPS) is 12.6. The Morgan fingerprint density at radius 3 is 2.63 bits per heavy atom. The number of likely N-dealkylation sites (N-methyl/N-ethyl adjacent to an activating group) is 1. The third-order valence-electron chi connectivity index (χ3n) is 5.14. The van der Waals surface area contributed by atoms with Crippen LogP contribution in [0, 0.1) is 0 Å². The second kappa shape index (κ2) is 10.9. The Morgan fingerprint density at radius 1 is 1.16 bits per heavy atom. The molecule has 0 aliphatic rings. The molecule has 0 bridgehead atoms. The quantitative estimate of drug-likeness (QED) is 0.328. The predicted molar refractivity (Wildman–Crippen MR) is 132 cm³/mol. The first-order chi connectivity index (χ1) is 17.9. The Balaban J connectivity index is 1.44. The number of rotatable bonds is 8. The maximum atomic E-state index is 13.1. The van der Waals surface area contributed by atoms with Crippen molar-refractivity contribution in [1.29, 1.82) is 0 Å². The Kier molecular flexibility index (Phi) is 7.84. The summed E-state index contributed by atoms with van der Waals surface area (Å²) < 4.78 is 40.8. The number of fused-ring (bicyclic) bond motifs is 1. The fourth-order valence-electron chi connectivity index (χ4n) is 3.22. The summed E-state index contributed by atoms with van der Waals surface area (Å²) in [5.41, 5.74) is -0.440. The number of carbonyl (C=O) groups is 2. The maximum absolute atomic E-state index is 13.1. The van der Waals surface area contributed by atoms with Crippen molar-refractivity contribution in [3.8, 4) is 0 Å². The Morgan fingerprint density at radius 2 is 1.92 bits per heavy atom. The van der Waals surface area contributed by atoms with Crippen molar-refractivity contribution in [2.75, 3.05) is 26.0 Å². The van der Waals surface area contributed by atoms with Crippen LogP contribution >= 0.6 is 22.9 Å². The summed E-state index contributed by atoms with van der Waals surface area (Å²) in [6.07, 6.45) is -1.41. The number of anilines is 1. The number of halogens is 4. The molecule has 0 saturated carbocycles. The van der Waals surface area contributed by atoms with Gasteiger partial charge in [0.1, 0.15) is 22.0 Å². The Labute approximate surface area is 222 Å². The fourth-order valence-corrected chi connectivity index (χ4v) is 4.25. The van der Waals surface area contributed by atoms with Crippen LogP contribution in [-0.4, -0.2) is 72.3 Å². The molecule has 0 aliphatic carbocycles. The van der Waals surface area contributed by atoms with E-state index < -0.39 is 34.6 Å². The number of nitrogens with one attached hydrogen (secondary N) is 2. The van der Waals surface area contributed by atoms with Gasteiger partial charge in [0, 0.05) is 12.7 Å². The number of nitrogens with zero attached hydrogens (tertiary/aromatic N) is 8. The minimum atomic E-state index is -4.71. The van der Waals surface area contributed by atoms with Crippen LogP contribution in [0.15, 0.2) is 24.8 Å². The van der Waals surface area contributed by atoms with E-state index in [0.717, 1.165) is 17.5 Å². The van der Waals surface area contributed by atoms with E-state index in [1.807, 2.05) is 19.0 Å². The largest absolute Gasteiger partial charge is 0.418 e. The molecule has 4 aromatic heterocycles. The van der Waals surface area contributed by atoms with Gasteiger partial charge in [-0.15, -0.1) is 16.4 Å². The van der Waals surface area contributed by atoms with Gasteiger partial charge in [0.25, 0.3) is 11.8 Å². The van der Waals surface area contributed by atoms with E-state index in [4.69, 9.17) is 11.6 Å². The lowest BCUT2D eigenvalue weighted by Crippen LogP contribution is -2.27. The van der Waals surface area contributed by atoms with Crippen molar-refractivity contribution < 1.29 is 22.8 Å². The predicted octanol–water partition coefficient (Wildman–Crippen LogP) is 3.05. The van der Waals surface area contributed by atoms with E-state index in [9.17, 15) is 22.8 Å². The smallest absolute Gasteiger partial charge is 0.342 e. The van der Waals surface area contributed by atoms with Crippen LogP contribution in [0.3, 0.4) is 0 Å². The van der Waals surface area contributed by atoms with Crippen LogP contribution in [0.4, 0.5) is 19.0 Å². The second-order valence-electron chi connectivity index (χ2n) is 8.27. The summed E-state index contributed by atoms with van der Waals surface area (Å²) >= 11 is 6.51. The van der Waals surface area contributed by atoms with Crippen LogP contribution in [0.1, 0.15) is 43.7 Å². The molecule has 2 amide bonds. The maximum Gasteiger partial charge on any atom is 0.418 e. The number of amides is 2. The van der Waals surface area contributed by atoms with Crippen molar-refractivity contribution in [3.63, 3.8) is 0 Å². The molecule has 12 nitrogen and oxygen atoms in total. The van der Waals surface area contributed by atoms with Crippen LogP contribution in [0.25, 0.3) is 11.2 Å². The Hall–Kier alpha value is -3.76. The molecule has 0 radical (unpaired) electrons. The molecule has 0 saturated heterocycles. The summed E-state index contributed by atoms with van der Waals surface area (Å²) in [6.45, 7) is 2.87. The van der Waals surface area contributed by atoms with Crippen molar-refractivity contribution >= 4 is 51.7 Å². The lowest BCUT2D eigenvalue weighted by molar-refractivity contribution is -0.137. The molecule has 200 valence electrons. The molecular weight excluding hydrogens is 549 g/mol. The summed E-state index contributed by atoms with van der Waals surface area (Å²) in [4.78, 5) is 43.7. The van der Waals surface area contributed by atoms with Gasteiger partial charge in [0.2, 0.25) is 0 Å². The standard InChI is InChI=1S/C21H20ClF3N10O2S/c1-10(30-19(37)16-15-17(29-9-28-16)35(33-32-15)5-4-34(2)3)20-27-8-13(38-20)18(36)31-14-6-11(21(23,24)25)12(22)7-26-14/h6-10H,4-5H2,1-3H3,(H,30,37)(H,26,31,36). The van der Waals surface area contributed by atoms with Gasteiger partial charge in [-0.1, -0.05) is 16.8 Å². The summed E-state index contributed by atoms with van der Waals surface area (Å²) in [7, 11) is 3.83. The molecule has 0 spiro atoms. The van der Waals surface area contributed by atoms with Gasteiger partial charge in [-0.05, 0) is 27.1 Å². The third-order valence-corrected chi connectivity index (χ3v) is 6.62. The molecule has 38 heavy (non-hydrogen) atoms. The molecule has 0 aromatic carbocycles. The van der Waals surface area contributed by atoms with Gasteiger partial charge in [-0.2, -0.15) is 13.2 Å². The van der Waals surface area contributed by atoms with Crippen LogP contribution in [0.2, 0.25) is 5.02 Å². The van der Waals surface area contributed by atoms with Crippen molar-refractivity contribution in [3.05, 3.63) is 51.0 Å². The van der Waals surface area contributed by atoms with E-state index in [2.05, 4.69) is 40.9 Å². The third kappa shape index (κ3) is 6.03. The first-order valence-corrected chi connectivity index (χ1v) is 12.1. The Bertz CT molecular complexity index is 1490. The molecule has 4 aromatic rings. The average Bonchev–Trinajstić information content (AvgIpc) is 3.51. The number of carbonyl (C=O) groups excluding carboxylic acids is 2. The average molecular weight is 569 g/mol. The van der Waals surface area contributed by atoms with Crippen LogP contribution in [-0.2, 0) is 12.7 Å². The number of aromatic nitrogens is 7. The second-order valence-corrected chi connectivity index (χ2v) is 9.74. The minimum absolute atomic E-state index is 0.0294. The van der Waals surface area contributed by atoms with E-state index in [-0.39, 0.29) is 21.9 Å². The summed E-state index contributed by atoms with van der Waals surface area (Å²) in [5.74, 6) is -1.59. The zero-order valence-electron chi connectivity index (χ0n) is 20.1. The van der Waals surface area contributed by atoms with E-state index >= 15 is 0 Å². The molecule has 0 aliphatic heterocycles. The number of pyridine rings is 1. The van der Waals surface area contributed by atoms with Crippen molar-refractivity contribution in [2.45, 2.75) is 25.7 Å². The number of alkyl halides is 3. The highest BCUT2D eigenvalue weighted by Gasteiger charge is 2.34. The summed E-state index contributed by atoms with van der Waals surface area (Å²) in [5, 5.41) is 12.9. The highest BCUT2D eigenvalue weighted by Crippen LogP contribution is 2.35. The van der Waals surface area contributed by atoms with Crippen molar-refractivity contribution in [2.24, 2.45) is 0 Å². The van der Waals surface area contributed by atoms with Gasteiger partial charge in [0.05, 0.1) is 29.4 Å².